The Balaban J connectivity index is 2.75. The van der Waals surface area contributed by atoms with Crippen molar-refractivity contribution in [2.75, 3.05) is 12.8 Å². The SMILES string of the molecule is COc1cc2cc(F)cc(N)c2s1. The number of halogens is 1. The Morgan fingerprint density at radius 2 is 2.15 bits per heavy atom. The molecule has 4 heteroatoms. The summed E-state index contributed by atoms with van der Waals surface area (Å²) in [6, 6.07) is 4.54. The molecule has 0 fully saturated rings. The predicted molar refractivity (Wildman–Crippen MR) is 52.7 cm³/mol. The van der Waals surface area contributed by atoms with Gasteiger partial charge < -0.3 is 10.5 Å². The predicted octanol–water partition coefficient (Wildman–Crippen LogP) is 2.63. The molecule has 0 atom stereocenters. The highest BCUT2D eigenvalue weighted by Crippen LogP contribution is 2.35. The summed E-state index contributed by atoms with van der Waals surface area (Å²) in [5.41, 5.74) is 6.10. The summed E-state index contributed by atoms with van der Waals surface area (Å²) < 4.78 is 18.8. The average molecular weight is 197 g/mol. The zero-order valence-electron chi connectivity index (χ0n) is 7.00. The van der Waals surface area contributed by atoms with Crippen LogP contribution in [-0.2, 0) is 0 Å². The molecule has 0 amide bonds. The molecular formula is C9H8FNOS. The molecule has 2 aromatic rings. The van der Waals surface area contributed by atoms with E-state index in [-0.39, 0.29) is 5.82 Å². The van der Waals surface area contributed by atoms with Crippen LogP contribution in [-0.4, -0.2) is 7.11 Å². The molecule has 0 unspecified atom stereocenters. The monoisotopic (exact) mass is 197 g/mol. The van der Waals surface area contributed by atoms with Crippen molar-refractivity contribution in [3.8, 4) is 5.06 Å². The van der Waals surface area contributed by atoms with E-state index in [9.17, 15) is 4.39 Å². The maximum Gasteiger partial charge on any atom is 0.174 e. The molecule has 68 valence electrons. The largest absolute Gasteiger partial charge is 0.487 e. The molecule has 0 saturated heterocycles. The summed E-state index contributed by atoms with van der Waals surface area (Å²) in [6.45, 7) is 0. The van der Waals surface area contributed by atoms with Gasteiger partial charge >= 0.3 is 0 Å². The first-order chi connectivity index (χ1) is 6.20. The second-order valence-electron chi connectivity index (χ2n) is 2.68. The quantitative estimate of drug-likeness (QED) is 0.713. The summed E-state index contributed by atoms with van der Waals surface area (Å²) in [5.74, 6) is -0.314. The highest BCUT2D eigenvalue weighted by Gasteiger charge is 2.06. The third-order valence-corrected chi connectivity index (χ3v) is 2.95. The molecule has 0 saturated carbocycles. The fraction of sp³-hybridized carbons (Fsp3) is 0.111. The van der Waals surface area contributed by atoms with E-state index in [2.05, 4.69) is 0 Å². The van der Waals surface area contributed by atoms with Crippen LogP contribution < -0.4 is 10.5 Å². The van der Waals surface area contributed by atoms with E-state index < -0.39 is 0 Å². The number of nitrogen functional groups attached to an aromatic ring is 1. The number of hydrogen-bond donors (Lipinski definition) is 1. The highest BCUT2D eigenvalue weighted by atomic mass is 32.1. The fourth-order valence-electron chi connectivity index (χ4n) is 1.22. The highest BCUT2D eigenvalue weighted by molar-refractivity contribution is 7.21. The van der Waals surface area contributed by atoms with Crippen LogP contribution >= 0.6 is 11.3 Å². The lowest BCUT2D eigenvalue weighted by Gasteiger charge is -1.94. The Hall–Kier alpha value is -1.29. The van der Waals surface area contributed by atoms with Crippen molar-refractivity contribution in [2.24, 2.45) is 0 Å². The van der Waals surface area contributed by atoms with E-state index in [1.807, 2.05) is 0 Å². The second kappa shape index (κ2) is 2.88. The van der Waals surface area contributed by atoms with Gasteiger partial charge in [0.15, 0.2) is 5.06 Å². The van der Waals surface area contributed by atoms with Gasteiger partial charge in [-0.2, -0.15) is 0 Å². The van der Waals surface area contributed by atoms with Crippen LogP contribution in [0.5, 0.6) is 5.06 Å². The van der Waals surface area contributed by atoms with E-state index in [0.717, 1.165) is 15.1 Å². The number of nitrogens with two attached hydrogens (primary N) is 1. The first-order valence-electron chi connectivity index (χ1n) is 3.73. The molecule has 0 aliphatic rings. The van der Waals surface area contributed by atoms with Crippen LogP contribution in [0.15, 0.2) is 18.2 Å². The summed E-state index contributed by atoms with van der Waals surface area (Å²) >= 11 is 1.42. The Morgan fingerprint density at radius 1 is 1.38 bits per heavy atom. The third kappa shape index (κ3) is 1.33. The third-order valence-electron chi connectivity index (χ3n) is 1.79. The van der Waals surface area contributed by atoms with Crippen LogP contribution in [0.1, 0.15) is 0 Å². The van der Waals surface area contributed by atoms with Crippen molar-refractivity contribution in [3.63, 3.8) is 0 Å². The molecule has 13 heavy (non-hydrogen) atoms. The zero-order valence-corrected chi connectivity index (χ0v) is 7.82. The smallest absolute Gasteiger partial charge is 0.174 e. The molecule has 1 aromatic carbocycles. The number of thiophene rings is 1. The molecule has 0 radical (unpaired) electrons. The van der Waals surface area contributed by atoms with Crippen LogP contribution in [0.4, 0.5) is 10.1 Å². The van der Waals surface area contributed by atoms with Gasteiger partial charge in [-0.1, -0.05) is 11.3 Å². The van der Waals surface area contributed by atoms with Gasteiger partial charge in [0.2, 0.25) is 0 Å². The van der Waals surface area contributed by atoms with Gasteiger partial charge in [-0.05, 0) is 18.2 Å². The number of anilines is 1. The van der Waals surface area contributed by atoms with Crippen LogP contribution in [0.3, 0.4) is 0 Å². The van der Waals surface area contributed by atoms with Crippen molar-refractivity contribution < 1.29 is 9.13 Å². The molecule has 0 aliphatic heterocycles. The van der Waals surface area contributed by atoms with E-state index >= 15 is 0 Å². The lowest BCUT2D eigenvalue weighted by molar-refractivity contribution is 0.427. The Kier molecular flexibility index (Phi) is 1.84. The normalized spacial score (nSPS) is 10.6. The summed E-state index contributed by atoms with van der Waals surface area (Å²) in [7, 11) is 1.58. The lowest BCUT2D eigenvalue weighted by Crippen LogP contribution is -1.85. The molecule has 0 bridgehead atoms. The lowest BCUT2D eigenvalue weighted by atomic mass is 10.2. The summed E-state index contributed by atoms with van der Waals surface area (Å²) in [6.07, 6.45) is 0. The van der Waals surface area contributed by atoms with Crippen molar-refractivity contribution in [1.82, 2.24) is 0 Å². The molecule has 2 nitrogen and oxygen atoms in total. The van der Waals surface area contributed by atoms with E-state index in [1.165, 1.54) is 23.5 Å². The average Bonchev–Trinajstić information content (AvgIpc) is 2.47. The van der Waals surface area contributed by atoms with Gasteiger partial charge in [0.25, 0.3) is 0 Å². The molecule has 1 heterocycles. The molecule has 0 aliphatic carbocycles. The van der Waals surface area contributed by atoms with Gasteiger partial charge in [0, 0.05) is 5.39 Å². The van der Waals surface area contributed by atoms with Gasteiger partial charge in [0.1, 0.15) is 5.82 Å². The second-order valence-corrected chi connectivity index (χ2v) is 3.70. The van der Waals surface area contributed by atoms with Crippen molar-refractivity contribution in [1.29, 1.82) is 0 Å². The minimum Gasteiger partial charge on any atom is -0.487 e. The number of hydrogen-bond acceptors (Lipinski definition) is 3. The van der Waals surface area contributed by atoms with Crippen molar-refractivity contribution >= 4 is 27.1 Å². The number of benzene rings is 1. The van der Waals surface area contributed by atoms with Gasteiger partial charge in [-0.3, -0.25) is 0 Å². The number of rotatable bonds is 1. The summed E-state index contributed by atoms with van der Waals surface area (Å²) in [4.78, 5) is 0. The molecule has 2 rings (SSSR count). The minimum atomic E-state index is -0.314. The van der Waals surface area contributed by atoms with Crippen molar-refractivity contribution in [2.45, 2.75) is 0 Å². The Labute approximate surface area is 78.7 Å². The van der Waals surface area contributed by atoms with Gasteiger partial charge in [0.05, 0.1) is 17.5 Å². The maximum absolute atomic E-state index is 12.9. The number of fused-ring (bicyclic) bond motifs is 1. The van der Waals surface area contributed by atoms with Crippen LogP contribution in [0.2, 0.25) is 0 Å². The van der Waals surface area contributed by atoms with E-state index in [0.29, 0.717) is 5.69 Å². The molecular weight excluding hydrogens is 189 g/mol. The first-order valence-corrected chi connectivity index (χ1v) is 4.55. The molecule has 1 aromatic heterocycles. The zero-order chi connectivity index (χ0) is 9.42. The van der Waals surface area contributed by atoms with Gasteiger partial charge in [-0.15, -0.1) is 0 Å². The van der Waals surface area contributed by atoms with E-state index in [4.69, 9.17) is 10.5 Å². The minimum absolute atomic E-state index is 0.314. The fourth-order valence-corrected chi connectivity index (χ4v) is 2.10. The van der Waals surface area contributed by atoms with E-state index in [1.54, 1.807) is 13.2 Å². The maximum atomic E-state index is 12.9. The summed E-state index contributed by atoms with van der Waals surface area (Å²) in [5, 5.41) is 1.53. The number of methoxy groups -OCH3 is 1. The topological polar surface area (TPSA) is 35.2 Å². The molecule has 2 N–H and O–H groups in total. The Bertz CT molecular complexity index is 452. The van der Waals surface area contributed by atoms with Crippen LogP contribution in [0, 0.1) is 5.82 Å². The Morgan fingerprint density at radius 3 is 2.85 bits per heavy atom. The standard InChI is InChI=1S/C9H8FNOS/c1-12-8-3-5-2-6(10)4-7(11)9(5)13-8/h2-4H,11H2,1H3. The van der Waals surface area contributed by atoms with Crippen molar-refractivity contribution in [3.05, 3.63) is 24.0 Å². The first kappa shape index (κ1) is 8.31. The molecule has 0 spiro atoms. The number of ether oxygens (including phenoxy) is 1. The van der Waals surface area contributed by atoms with Crippen LogP contribution in [0.25, 0.3) is 10.1 Å². The van der Waals surface area contributed by atoms with Gasteiger partial charge in [-0.25, -0.2) is 4.39 Å².